The zero-order chi connectivity index (χ0) is 13.4. The molecule has 18 heavy (non-hydrogen) atoms. The Labute approximate surface area is 117 Å². The number of hydrogen-bond acceptors (Lipinski definition) is 0. The van der Waals surface area contributed by atoms with Crippen molar-refractivity contribution in [3.8, 4) is 0 Å². The molecule has 0 bridgehead atoms. The van der Waals surface area contributed by atoms with Gasteiger partial charge in [0.2, 0.25) is 0 Å². The third kappa shape index (κ3) is 2.54. The molecule has 0 aromatic rings. The summed E-state index contributed by atoms with van der Waals surface area (Å²) in [6.45, 7) is 6.75. The molecule has 98 valence electrons. The van der Waals surface area contributed by atoms with Crippen molar-refractivity contribution in [1.82, 2.24) is 0 Å². The molecule has 0 saturated heterocycles. The van der Waals surface area contributed by atoms with Gasteiger partial charge in [0.25, 0.3) is 0 Å². The highest BCUT2D eigenvalue weighted by atomic mass is 14.5. The average molecular weight is 242 g/mol. The largest absolute Gasteiger partial charge is 0.0913 e. The standard InChI is InChI=1S/C16H28B2/c1-4-10-15(2,3)16(17,18)14-9-8-12-6-5-7-13(12)11-14/h12-14H,4-11H2,1-3H3. The van der Waals surface area contributed by atoms with Gasteiger partial charge in [0.1, 0.15) is 0 Å². The molecular weight excluding hydrogens is 214 g/mol. The first-order valence-electron chi connectivity index (χ1n) is 7.96. The van der Waals surface area contributed by atoms with E-state index in [0.717, 1.165) is 18.3 Å². The topological polar surface area (TPSA) is 0 Å². The lowest BCUT2D eigenvalue weighted by Gasteiger charge is -2.51. The molecule has 3 atom stereocenters. The van der Waals surface area contributed by atoms with Crippen LogP contribution in [-0.2, 0) is 0 Å². The molecule has 0 N–H and O–H groups in total. The second kappa shape index (κ2) is 5.25. The van der Waals surface area contributed by atoms with Gasteiger partial charge in [0, 0.05) is 0 Å². The van der Waals surface area contributed by atoms with Crippen LogP contribution in [-0.4, -0.2) is 15.7 Å². The van der Waals surface area contributed by atoms with Crippen molar-refractivity contribution in [3.05, 3.63) is 0 Å². The van der Waals surface area contributed by atoms with E-state index >= 15 is 0 Å². The van der Waals surface area contributed by atoms with Gasteiger partial charge in [-0.15, -0.1) is 0 Å². The second-order valence-corrected chi connectivity index (χ2v) is 7.53. The molecule has 2 aliphatic rings. The van der Waals surface area contributed by atoms with Crippen LogP contribution in [0.2, 0.25) is 5.21 Å². The van der Waals surface area contributed by atoms with E-state index in [-0.39, 0.29) is 5.41 Å². The maximum absolute atomic E-state index is 6.62. The van der Waals surface area contributed by atoms with E-state index < -0.39 is 5.21 Å². The molecule has 0 amide bonds. The fourth-order valence-corrected chi connectivity index (χ4v) is 4.53. The normalized spacial score (nSPS) is 33.4. The summed E-state index contributed by atoms with van der Waals surface area (Å²) >= 11 is 0. The van der Waals surface area contributed by atoms with Crippen LogP contribution in [0, 0.1) is 23.2 Å². The van der Waals surface area contributed by atoms with Crippen molar-refractivity contribution < 1.29 is 0 Å². The Morgan fingerprint density at radius 3 is 2.33 bits per heavy atom. The molecule has 4 radical (unpaired) electrons. The smallest absolute Gasteiger partial charge is 0.0631 e. The Morgan fingerprint density at radius 1 is 1.00 bits per heavy atom. The molecule has 0 aliphatic heterocycles. The molecule has 0 spiro atoms. The van der Waals surface area contributed by atoms with Crippen LogP contribution in [0.25, 0.3) is 0 Å². The van der Waals surface area contributed by atoms with E-state index in [9.17, 15) is 0 Å². The van der Waals surface area contributed by atoms with Gasteiger partial charge in [-0.05, 0) is 36.5 Å². The minimum absolute atomic E-state index is 0.0534. The van der Waals surface area contributed by atoms with Gasteiger partial charge in [-0.2, -0.15) is 0 Å². The van der Waals surface area contributed by atoms with Crippen molar-refractivity contribution in [1.29, 1.82) is 0 Å². The first-order valence-corrected chi connectivity index (χ1v) is 7.96. The summed E-state index contributed by atoms with van der Waals surface area (Å²) in [4.78, 5) is 0. The van der Waals surface area contributed by atoms with Gasteiger partial charge in [-0.1, -0.05) is 64.0 Å². The van der Waals surface area contributed by atoms with Crippen LogP contribution in [0.15, 0.2) is 0 Å². The molecule has 2 rings (SSSR count). The highest BCUT2D eigenvalue weighted by molar-refractivity contribution is 6.40. The summed E-state index contributed by atoms with van der Waals surface area (Å²) in [7, 11) is 13.2. The summed E-state index contributed by atoms with van der Waals surface area (Å²) in [5.41, 5.74) is 0.0534. The minimum atomic E-state index is -0.490. The Bertz CT molecular complexity index is 283. The molecule has 2 heteroatoms. The molecule has 2 aliphatic carbocycles. The first kappa shape index (κ1) is 14.5. The summed E-state index contributed by atoms with van der Waals surface area (Å²) in [5, 5.41) is -0.490. The lowest BCUT2D eigenvalue weighted by Crippen LogP contribution is -2.41. The lowest BCUT2D eigenvalue weighted by molar-refractivity contribution is 0.129. The third-order valence-electron chi connectivity index (χ3n) is 6.01. The number of fused-ring (bicyclic) bond motifs is 1. The SMILES string of the molecule is [B]C([B])(C1CCC2CCCC2C1)C(C)(C)CCC. The highest BCUT2D eigenvalue weighted by Crippen LogP contribution is 2.56. The Morgan fingerprint density at radius 2 is 1.67 bits per heavy atom. The van der Waals surface area contributed by atoms with Crippen molar-refractivity contribution >= 4 is 15.7 Å². The Balaban J connectivity index is 2.05. The predicted octanol–water partition coefficient (Wildman–Crippen LogP) is 4.48. The van der Waals surface area contributed by atoms with E-state index in [4.69, 9.17) is 15.7 Å². The van der Waals surface area contributed by atoms with Crippen molar-refractivity contribution in [2.24, 2.45) is 23.2 Å². The maximum Gasteiger partial charge on any atom is 0.0631 e. The molecule has 2 fully saturated rings. The first-order chi connectivity index (χ1) is 8.38. The molecule has 0 aromatic carbocycles. The Kier molecular flexibility index (Phi) is 4.24. The zero-order valence-electron chi connectivity index (χ0n) is 12.5. The average Bonchev–Trinajstić information content (AvgIpc) is 2.75. The van der Waals surface area contributed by atoms with Crippen LogP contribution in [0.5, 0.6) is 0 Å². The summed E-state index contributed by atoms with van der Waals surface area (Å²) in [6, 6.07) is 0. The minimum Gasteiger partial charge on any atom is -0.0913 e. The van der Waals surface area contributed by atoms with E-state index in [2.05, 4.69) is 20.8 Å². The summed E-state index contributed by atoms with van der Waals surface area (Å²) in [5.74, 6) is 2.44. The van der Waals surface area contributed by atoms with Gasteiger partial charge >= 0.3 is 0 Å². The predicted molar refractivity (Wildman–Crippen MR) is 81.1 cm³/mol. The van der Waals surface area contributed by atoms with E-state index in [1.807, 2.05) is 0 Å². The van der Waals surface area contributed by atoms with Crippen LogP contribution in [0.1, 0.15) is 72.1 Å². The Hall–Kier alpha value is 0.130. The fourth-order valence-electron chi connectivity index (χ4n) is 4.53. The maximum atomic E-state index is 6.62. The lowest BCUT2D eigenvalue weighted by atomic mass is 9.35. The van der Waals surface area contributed by atoms with Gasteiger partial charge in [-0.3, -0.25) is 0 Å². The van der Waals surface area contributed by atoms with Crippen molar-refractivity contribution in [2.75, 3.05) is 0 Å². The van der Waals surface area contributed by atoms with Gasteiger partial charge in [0.15, 0.2) is 0 Å². The van der Waals surface area contributed by atoms with Crippen LogP contribution in [0.4, 0.5) is 0 Å². The monoisotopic (exact) mass is 242 g/mol. The molecule has 0 nitrogen and oxygen atoms in total. The summed E-state index contributed by atoms with van der Waals surface area (Å²) in [6.07, 6.45) is 10.5. The van der Waals surface area contributed by atoms with Crippen molar-refractivity contribution in [2.45, 2.75) is 77.4 Å². The van der Waals surface area contributed by atoms with Crippen molar-refractivity contribution in [3.63, 3.8) is 0 Å². The van der Waals surface area contributed by atoms with Gasteiger partial charge < -0.3 is 0 Å². The third-order valence-corrected chi connectivity index (χ3v) is 6.01. The molecular formula is C16H28B2. The van der Waals surface area contributed by atoms with E-state index in [1.54, 1.807) is 0 Å². The van der Waals surface area contributed by atoms with Gasteiger partial charge in [-0.25, -0.2) is 0 Å². The second-order valence-electron chi connectivity index (χ2n) is 7.53. The number of hydrogen-bond donors (Lipinski definition) is 0. The van der Waals surface area contributed by atoms with E-state index in [1.165, 1.54) is 44.9 Å². The highest BCUT2D eigenvalue weighted by Gasteiger charge is 2.45. The molecule has 0 aromatic heterocycles. The molecule has 0 heterocycles. The summed E-state index contributed by atoms with van der Waals surface area (Å²) < 4.78 is 0. The van der Waals surface area contributed by atoms with Crippen LogP contribution < -0.4 is 0 Å². The number of rotatable bonds is 4. The zero-order valence-corrected chi connectivity index (χ0v) is 12.5. The van der Waals surface area contributed by atoms with Gasteiger partial charge in [0.05, 0.1) is 15.7 Å². The molecule has 2 saturated carbocycles. The van der Waals surface area contributed by atoms with Crippen LogP contribution in [0.3, 0.4) is 0 Å². The molecule has 3 unspecified atom stereocenters. The fraction of sp³-hybridized carbons (Fsp3) is 1.00. The quantitative estimate of drug-likeness (QED) is 0.637. The van der Waals surface area contributed by atoms with Crippen LogP contribution >= 0.6 is 0 Å². The van der Waals surface area contributed by atoms with E-state index in [0.29, 0.717) is 5.92 Å².